The fraction of sp³-hybridized carbons (Fsp3) is 0.875. The maximum Gasteiger partial charge on any atom is 0.490 e. The molecule has 2 N–H and O–H groups in total. The number of rotatable bonds is 4. The van der Waals surface area contributed by atoms with Crippen LogP contribution in [-0.2, 0) is 4.79 Å². The predicted octanol–water partition coefficient (Wildman–Crippen LogP) is 2.03. The summed E-state index contributed by atoms with van der Waals surface area (Å²) in [5.41, 5.74) is 0. The fourth-order valence-corrected chi connectivity index (χ4v) is 0.479. The minimum Gasteiger partial charge on any atom is -0.475 e. The molecular weight excluding hydrogens is 199 g/mol. The Morgan fingerprint density at radius 1 is 1.36 bits per heavy atom. The average Bonchev–Trinajstić information content (AvgIpc) is 2.05. The van der Waals surface area contributed by atoms with Crippen molar-refractivity contribution >= 4 is 5.97 Å². The predicted molar refractivity (Wildman–Crippen MR) is 47.1 cm³/mol. The largest absolute Gasteiger partial charge is 0.490 e. The van der Waals surface area contributed by atoms with Gasteiger partial charge in [-0.05, 0) is 19.5 Å². The number of hydrogen-bond acceptors (Lipinski definition) is 2. The molecule has 86 valence electrons. The Kier molecular flexibility index (Phi) is 9.86. The number of nitrogens with one attached hydrogen (secondary N) is 1. The second-order valence-electron chi connectivity index (χ2n) is 2.51. The SMILES string of the molecule is CCCCNCC.O=C(O)C(F)(F)F. The second-order valence-corrected chi connectivity index (χ2v) is 2.51. The number of carboxylic acids is 1. The van der Waals surface area contributed by atoms with Crippen LogP contribution in [0.2, 0.25) is 0 Å². The van der Waals surface area contributed by atoms with E-state index in [4.69, 9.17) is 9.90 Å². The van der Waals surface area contributed by atoms with E-state index in [1.165, 1.54) is 19.4 Å². The first-order chi connectivity index (χ1) is 6.36. The van der Waals surface area contributed by atoms with Crippen molar-refractivity contribution < 1.29 is 23.1 Å². The van der Waals surface area contributed by atoms with E-state index in [1.807, 2.05) is 0 Å². The number of carboxylic acid groups (broad SMARTS) is 1. The van der Waals surface area contributed by atoms with Gasteiger partial charge in [0.1, 0.15) is 0 Å². The molecular formula is C8H16F3NO2. The summed E-state index contributed by atoms with van der Waals surface area (Å²) in [6.07, 6.45) is -2.47. The first kappa shape index (κ1) is 15.7. The van der Waals surface area contributed by atoms with Crippen molar-refractivity contribution in [1.82, 2.24) is 5.32 Å². The van der Waals surface area contributed by atoms with Crippen molar-refractivity contribution in [1.29, 1.82) is 0 Å². The van der Waals surface area contributed by atoms with E-state index in [0.29, 0.717) is 0 Å². The lowest BCUT2D eigenvalue weighted by atomic mass is 10.3. The van der Waals surface area contributed by atoms with Crippen molar-refractivity contribution in [3.63, 3.8) is 0 Å². The molecule has 0 aromatic carbocycles. The van der Waals surface area contributed by atoms with Crippen LogP contribution in [-0.4, -0.2) is 30.3 Å². The number of alkyl halides is 3. The second kappa shape index (κ2) is 8.80. The molecule has 0 aromatic heterocycles. The Bertz CT molecular complexity index is 144. The van der Waals surface area contributed by atoms with Gasteiger partial charge in [-0.3, -0.25) is 0 Å². The third-order valence-electron chi connectivity index (χ3n) is 1.20. The molecule has 0 aromatic rings. The van der Waals surface area contributed by atoms with Gasteiger partial charge >= 0.3 is 12.1 Å². The van der Waals surface area contributed by atoms with Crippen LogP contribution in [0.15, 0.2) is 0 Å². The first-order valence-corrected chi connectivity index (χ1v) is 4.37. The van der Waals surface area contributed by atoms with E-state index in [1.54, 1.807) is 0 Å². The molecule has 0 spiro atoms. The molecule has 3 nitrogen and oxygen atoms in total. The summed E-state index contributed by atoms with van der Waals surface area (Å²) in [7, 11) is 0. The summed E-state index contributed by atoms with van der Waals surface area (Å²) in [4.78, 5) is 8.90. The van der Waals surface area contributed by atoms with Gasteiger partial charge in [0.15, 0.2) is 0 Å². The monoisotopic (exact) mass is 215 g/mol. The van der Waals surface area contributed by atoms with E-state index < -0.39 is 12.1 Å². The molecule has 0 aliphatic rings. The van der Waals surface area contributed by atoms with Gasteiger partial charge in [-0.1, -0.05) is 20.3 Å². The van der Waals surface area contributed by atoms with E-state index in [-0.39, 0.29) is 0 Å². The molecule has 0 unspecified atom stereocenters. The minimum atomic E-state index is -5.08. The molecule has 0 bridgehead atoms. The standard InChI is InChI=1S/C6H15N.C2HF3O2/c1-3-5-6-7-4-2;3-2(4,5)1(6)7/h7H,3-6H2,1-2H3;(H,6,7). The molecule has 0 saturated heterocycles. The Morgan fingerprint density at radius 3 is 2.00 bits per heavy atom. The quantitative estimate of drug-likeness (QED) is 0.705. The third kappa shape index (κ3) is 13.8. The van der Waals surface area contributed by atoms with Crippen LogP contribution in [0.1, 0.15) is 26.7 Å². The zero-order valence-corrected chi connectivity index (χ0v) is 8.32. The van der Waals surface area contributed by atoms with E-state index in [2.05, 4.69) is 19.2 Å². The highest BCUT2D eigenvalue weighted by molar-refractivity contribution is 5.73. The van der Waals surface area contributed by atoms with Crippen molar-refractivity contribution in [3.8, 4) is 0 Å². The van der Waals surface area contributed by atoms with Crippen LogP contribution in [0.5, 0.6) is 0 Å². The van der Waals surface area contributed by atoms with Crippen molar-refractivity contribution in [2.45, 2.75) is 32.9 Å². The summed E-state index contributed by atoms with van der Waals surface area (Å²) in [5, 5.41) is 10.4. The van der Waals surface area contributed by atoms with Gasteiger partial charge in [0.2, 0.25) is 0 Å². The molecule has 0 amide bonds. The van der Waals surface area contributed by atoms with Crippen LogP contribution in [0.4, 0.5) is 13.2 Å². The Labute approximate surface area is 81.3 Å². The zero-order chi connectivity index (χ0) is 11.6. The van der Waals surface area contributed by atoms with Crippen LogP contribution in [0.25, 0.3) is 0 Å². The van der Waals surface area contributed by atoms with Gasteiger partial charge in [0, 0.05) is 0 Å². The highest BCUT2D eigenvalue weighted by atomic mass is 19.4. The molecule has 0 heterocycles. The molecule has 0 radical (unpaired) electrons. The average molecular weight is 215 g/mol. The summed E-state index contributed by atoms with van der Waals surface area (Å²) >= 11 is 0. The maximum atomic E-state index is 10.6. The molecule has 0 atom stereocenters. The third-order valence-corrected chi connectivity index (χ3v) is 1.20. The smallest absolute Gasteiger partial charge is 0.475 e. The van der Waals surface area contributed by atoms with Gasteiger partial charge in [0.05, 0.1) is 0 Å². The molecule has 0 aliphatic carbocycles. The Morgan fingerprint density at radius 2 is 1.79 bits per heavy atom. The highest BCUT2D eigenvalue weighted by Crippen LogP contribution is 2.13. The molecule has 0 aliphatic heterocycles. The molecule has 0 saturated carbocycles. The van der Waals surface area contributed by atoms with Crippen molar-refractivity contribution in [2.24, 2.45) is 0 Å². The molecule has 0 rings (SSSR count). The van der Waals surface area contributed by atoms with E-state index in [0.717, 1.165) is 6.54 Å². The lowest BCUT2D eigenvalue weighted by Gasteiger charge is -1.95. The minimum absolute atomic E-state index is 1.11. The number of carbonyl (C=O) groups is 1. The number of aliphatic carboxylic acids is 1. The number of hydrogen-bond donors (Lipinski definition) is 2. The number of unbranched alkanes of at least 4 members (excludes halogenated alkanes) is 1. The van der Waals surface area contributed by atoms with Crippen LogP contribution >= 0.6 is 0 Å². The normalized spacial score (nSPS) is 10.4. The zero-order valence-electron chi connectivity index (χ0n) is 8.32. The van der Waals surface area contributed by atoms with Gasteiger partial charge in [-0.15, -0.1) is 0 Å². The van der Waals surface area contributed by atoms with E-state index >= 15 is 0 Å². The lowest BCUT2D eigenvalue weighted by molar-refractivity contribution is -0.192. The summed E-state index contributed by atoms with van der Waals surface area (Å²) in [5.74, 6) is -2.76. The first-order valence-electron chi connectivity index (χ1n) is 4.37. The van der Waals surface area contributed by atoms with Gasteiger partial charge in [0.25, 0.3) is 0 Å². The number of halogens is 3. The van der Waals surface area contributed by atoms with E-state index in [9.17, 15) is 13.2 Å². The maximum absolute atomic E-state index is 10.6. The van der Waals surface area contributed by atoms with Crippen LogP contribution < -0.4 is 5.32 Å². The summed E-state index contributed by atoms with van der Waals surface area (Å²) in [6.45, 7) is 6.64. The van der Waals surface area contributed by atoms with Gasteiger partial charge < -0.3 is 10.4 Å². The summed E-state index contributed by atoms with van der Waals surface area (Å²) < 4.78 is 31.7. The Balaban J connectivity index is 0. The fourth-order valence-electron chi connectivity index (χ4n) is 0.479. The lowest BCUT2D eigenvalue weighted by Crippen LogP contribution is -2.21. The molecule has 0 fully saturated rings. The molecule has 14 heavy (non-hydrogen) atoms. The van der Waals surface area contributed by atoms with Crippen molar-refractivity contribution in [3.05, 3.63) is 0 Å². The topological polar surface area (TPSA) is 49.3 Å². The van der Waals surface area contributed by atoms with Crippen LogP contribution in [0, 0.1) is 0 Å². The highest BCUT2D eigenvalue weighted by Gasteiger charge is 2.38. The van der Waals surface area contributed by atoms with Crippen molar-refractivity contribution in [2.75, 3.05) is 13.1 Å². The molecule has 6 heteroatoms. The summed E-state index contributed by atoms with van der Waals surface area (Å²) in [6, 6.07) is 0. The van der Waals surface area contributed by atoms with Gasteiger partial charge in [-0.2, -0.15) is 13.2 Å². The Hall–Kier alpha value is -0.780. The van der Waals surface area contributed by atoms with Gasteiger partial charge in [-0.25, -0.2) is 4.79 Å². The van der Waals surface area contributed by atoms with Crippen LogP contribution in [0.3, 0.4) is 0 Å².